The van der Waals surface area contributed by atoms with Gasteiger partial charge in [0.15, 0.2) is 0 Å². The number of esters is 1. The first-order valence-electron chi connectivity index (χ1n) is 13.5. The summed E-state index contributed by atoms with van der Waals surface area (Å²) in [5.41, 5.74) is 0.697. The smallest absolute Gasteiger partial charge is 0.408 e. The largest absolute Gasteiger partial charge is 0.481 e. The van der Waals surface area contributed by atoms with E-state index in [0.29, 0.717) is 24.9 Å². The minimum atomic E-state index is -1.51. The summed E-state index contributed by atoms with van der Waals surface area (Å²) in [4.78, 5) is 73.9. The molecule has 1 aromatic rings. The van der Waals surface area contributed by atoms with Gasteiger partial charge in [-0.2, -0.15) is 0 Å². The number of hydrogen-bond acceptors (Lipinski definition) is 8. The summed E-state index contributed by atoms with van der Waals surface area (Å²) in [6, 6.07) is 5.47. The van der Waals surface area contributed by atoms with Crippen molar-refractivity contribution in [2.75, 3.05) is 13.2 Å². The number of carbonyl (C=O) groups is 6. The monoisotopic (exact) mass is 574 g/mol. The molecule has 0 spiro atoms. The minimum absolute atomic E-state index is 0.0886. The molecule has 0 radical (unpaired) electrons. The van der Waals surface area contributed by atoms with Crippen molar-refractivity contribution in [3.63, 3.8) is 0 Å². The van der Waals surface area contributed by atoms with E-state index < -0.39 is 54.4 Å². The molecular formula is C28H38N4O9. The highest BCUT2D eigenvalue weighted by Crippen LogP contribution is 2.17. The number of nitrogens with one attached hydrogen (secondary N) is 4. The standard InChI is InChI=1S/C28H38N4O9/c1-3-8-21(26(37)30-20(11-12-24(35)40-4-2)15-19-13-14-29-25(19)36)31-27(38)22(16-23(33)34)32-28(39)41-17-18-9-6-5-7-10-18/h5-7,9-12,19-22H,3-4,8,13-17H2,1-2H3,(H,29,36)(H,30,37)(H,31,38)(H,32,39)(H,33,34)/b12-11+/t19?,20-,21+,22+/m1/s1. The Labute approximate surface area is 238 Å². The van der Waals surface area contributed by atoms with Gasteiger partial charge in [-0.25, -0.2) is 9.59 Å². The maximum absolute atomic E-state index is 13.2. The summed E-state index contributed by atoms with van der Waals surface area (Å²) >= 11 is 0. The van der Waals surface area contributed by atoms with Crippen LogP contribution in [0.25, 0.3) is 0 Å². The van der Waals surface area contributed by atoms with Crippen molar-refractivity contribution in [1.82, 2.24) is 21.3 Å². The van der Waals surface area contributed by atoms with E-state index in [-0.39, 0.29) is 37.9 Å². The van der Waals surface area contributed by atoms with Gasteiger partial charge in [-0.15, -0.1) is 0 Å². The number of carboxylic acids is 1. The van der Waals surface area contributed by atoms with Gasteiger partial charge in [0, 0.05) is 24.6 Å². The number of aliphatic carboxylic acids is 1. The van der Waals surface area contributed by atoms with Crippen molar-refractivity contribution in [2.45, 2.75) is 70.7 Å². The van der Waals surface area contributed by atoms with Crippen LogP contribution in [0.1, 0.15) is 51.5 Å². The highest BCUT2D eigenvalue weighted by Gasteiger charge is 2.31. The molecule has 0 bridgehead atoms. The molecule has 13 nitrogen and oxygen atoms in total. The van der Waals surface area contributed by atoms with Crippen molar-refractivity contribution < 1.29 is 43.3 Å². The van der Waals surface area contributed by atoms with Crippen molar-refractivity contribution >= 4 is 35.8 Å². The van der Waals surface area contributed by atoms with Gasteiger partial charge in [0.25, 0.3) is 0 Å². The SMILES string of the molecule is CCC[C@H](NC(=O)[C@H](CC(=O)O)NC(=O)OCc1ccccc1)C(=O)N[C@H](/C=C/C(=O)OCC)CC1CCNC1=O. The molecule has 5 N–H and O–H groups in total. The number of ether oxygens (including phenoxy) is 2. The van der Waals surface area contributed by atoms with Crippen molar-refractivity contribution in [3.05, 3.63) is 48.0 Å². The van der Waals surface area contributed by atoms with Gasteiger partial charge in [-0.1, -0.05) is 49.8 Å². The third-order valence-electron chi connectivity index (χ3n) is 6.19. The van der Waals surface area contributed by atoms with Crippen molar-refractivity contribution in [2.24, 2.45) is 5.92 Å². The molecule has 1 saturated heterocycles. The lowest BCUT2D eigenvalue weighted by Crippen LogP contribution is -2.55. The zero-order valence-corrected chi connectivity index (χ0v) is 23.2. The van der Waals surface area contributed by atoms with E-state index in [4.69, 9.17) is 9.47 Å². The van der Waals surface area contributed by atoms with Gasteiger partial charge in [0.2, 0.25) is 17.7 Å². The van der Waals surface area contributed by atoms with Crippen molar-refractivity contribution in [3.8, 4) is 0 Å². The number of carboxylic acid groups (broad SMARTS) is 1. The highest BCUT2D eigenvalue weighted by atomic mass is 16.5. The van der Waals surface area contributed by atoms with Gasteiger partial charge in [-0.3, -0.25) is 19.2 Å². The second-order valence-electron chi connectivity index (χ2n) is 9.44. The zero-order valence-electron chi connectivity index (χ0n) is 23.2. The molecule has 4 amide bonds. The van der Waals surface area contributed by atoms with Crippen LogP contribution in [0.3, 0.4) is 0 Å². The molecule has 1 aromatic carbocycles. The van der Waals surface area contributed by atoms with Crippen LogP contribution in [-0.4, -0.2) is 72.1 Å². The number of rotatable bonds is 16. The maximum atomic E-state index is 13.2. The first kappa shape index (κ1) is 32.8. The number of amides is 4. The van der Waals surface area contributed by atoms with Crippen LogP contribution in [0, 0.1) is 5.92 Å². The van der Waals surface area contributed by atoms with Crippen LogP contribution < -0.4 is 21.3 Å². The minimum Gasteiger partial charge on any atom is -0.481 e. The predicted molar refractivity (Wildman–Crippen MR) is 146 cm³/mol. The van der Waals surface area contributed by atoms with Crippen LogP contribution in [0.4, 0.5) is 4.79 Å². The average molecular weight is 575 g/mol. The van der Waals surface area contributed by atoms with Crippen LogP contribution in [0.15, 0.2) is 42.5 Å². The second kappa shape index (κ2) is 17.3. The summed E-state index contributed by atoms with van der Waals surface area (Å²) in [6.45, 7) is 4.03. The lowest BCUT2D eigenvalue weighted by molar-refractivity contribution is -0.140. The van der Waals surface area contributed by atoms with Gasteiger partial charge >= 0.3 is 18.0 Å². The predicted octanol–water partition coefficient (Wildman–Crippen LogP) is 1.17. The molecule has 0 saturated carbocycles. The van der Waals surface area contributed by atoms with E-state index in [1.807, 2.05) is 0 Å². The summed E-state index contributed by atoms with van der Waals surface area (Å²) in [5, 5.41) is 19.5. The molecule has 0 aromatic heterocycles. The van der Waals surface area contributed by atoms with Crippen LogP contribution >= 0.6 is 0 Å². The topological polar surface area (TPSA) is 189 Å². The van der Waals surface area contributed by atoms with Gasteiger partial charge in [0.1, 0.15) is 18.7 Å². The fourth-order valence-corrected chi connectivity index (χ4v) is 4.15. The van der Waals surface area contributed by atoms with Crippen LogP contribution in [-0.2, 0) is 40.1 Å². The summed E-state index contributed by atoms with van der Waals surface area (Å²) in [6.07, 6.45) is 2.34. The van der Waals surface area contributed by atoms with E-state index in [2.05, 4.69) is 21.3 Å². The Morgan fingerprint density at radius 3 is 2.34 bits per heavy atom. The van der Waals surface area contributed by atoms with E-state index in [1.54, 1.807) is 44.2 Å². The summed E-state index contributed by atoms with van der Waals surface area (Å²) < 4.78 is 9.99. The Bertz CT molecular complexity index is 1090. The third-order valence-corrected chi connectivity index (χ3v) is 6.19. The van der Waals surface area contributed by atoms with Gasteiger partial charge in [-0.05, 0) is 31.7 Å². The Kier molecular flexibility index (Phi) is 13.8. The Morgan fingerprint density at radius 2 is 1.73 bits per heavy atom. The third kappa shape index (κ3) is 12.1. The summed E-state index contributed by atoms with van der Waals surface area (Å²) in [7, 11) is 0. The van der Waals surface area contributed by atoms with Crippen molar-refractivity contribution in [1.29, 1.82) is 0 Å². The molecule has 1 heterocycles. The molecule has 224 valence electrons. The highest BCUT2D eigenvalue weighted by molar-refractivity contribution is 5.93. The molecule has 1 aliphatic rings. The molecule has 0 aliphatic carbocycles. The zero-order chi connectivity index (χ0) is 30.2. The second-order valence-corrected chi connectivity index (χ2v) is 9.44. The fraction of sp³-hybridized carbons (Fsp3) is 0.500. The molecule has 4 atom stereocenters. The maximum Gasteiger partial charge on any atom is 0.408 e. The van der Waals surface area contributed by atoms with E-state index in [0.717, 1.165) is 0 Å². The molecule has 1 fully saturated rings. The number of hydrogen-bond donors (Lipinski definition) is 5. The molecule has 41 heavy (non-hydrogen) atoms. The Morgan fingerprint density at radius 1 is 1.02 bits per heavy atom. The molecular weight excluding hydrogens is 536 g/mol. The van der Waals surface area contributed by atoms with Gasteiger partial charge in [0.05, 0.1) is 13.0 Å². The number of carbonyl (C=O) groups excluding carboxylic acids is 5. The molecule has 1 unspecified atom stereocenters. The van der Waals surface area contributed by atoms with E-state index in [9.17, 15) is 33.9 Å². The average Bonchev–Trinajstić information content (AvgIpc) is 3.34. The van der Waals surface area contributed by atoms with E-state index >= 15 is 0 Å². The quantitative estimate of drug-likeness (QED) is 0.143. The Balaban J connectivity index is 2.08. The number of alkyl carbamates (subject to hydrolysis) is 1. The van der Waals surface area contributed by atoms with Crippen LogP contribution in [0.5, 0.6) is 0 Å². The van der Waals surface area contributed by atoms with Gasteiger partial charge < -0.3 is 35.8 Å². The first-order chi connectivity index (χ1) is 19.6. The lowest BCUT2D eigenvalue weighted by Gasteiger charge is -2.24. The summed E-state index contributed by atoms with van der Waals surface area (Å²) in [5.74, 6) is -3.97. The molecule has 2 rings (SSSR count). The lowest BCUT2D eigenvalue weighted by atomic mass is 9.97. The molecule has 1 aliphatic heterocycles. The molecule has 13 heteroatoms. The van der Waals surface area contributed by atoms with Crippen LogP contribution in [0.2, 0.25) is 0 Å². The normalized spacial score (nSPS) is 16.6. The fourth-order valence-electron chi connectivity index (χ4n) is 4.15. The first-order valence-corrected chi connectivity index (χ1v) is 13.5. The van der Waals surface area contributed by atoms with E-state index in [1.165, 1.54) is 12.2 Å². The Hall–Kier alpha value is -4.42. The number of benzene rings is 1.